The second-order valence-corrected chi connectivity index (χ2v) is 20.0. The molecule has 2 rings (SSSR count). The third-order valence-corrected chi connectivity index (χ3v) is 8.75. The Bertz CT molecular complexity index is 680. The molecule has 1 aromatic carbocycles. The third-order valence-electron chi connectivity index (χ3n) is 4.69. The van der Waals surface area contributed by atoms with Crippen LogP contribution in [0.25, 0.3) is 0 Å². The zero-order valence-corrected chi connectivity index (χ0v) is 19.4. The molecule has 140 valence electrons. The van der Waals surface area contributed by atoms with E-state index in [0.29, 0.717) is 6.61 Å². The van der Waals surface area contributed by atoms with Crippen molar-refractivity contribution in [3.05, 3.63) is 17.2 Å². The summed E-state index contributed by atoms with van der Waals surface area (Å²) in [5, 5.41) is 2.48. The van der Waals surface area contributed by atoms with Crippen LogP contribution in [0, 0.1) is 5.41 Å². The first-order valence-corrected chi connectivity index (χ1v) is 16.3. The van der Waals surface area contributed by atoms with E-state index in [2.05, 4.69) is 59.2 Å². The normalized spacial score (nSPS) is 16.8. The summed E-state index contributed by atoms with van der Waals surface area (Å²) < 4.78 is 11.8. The van der Waals surface area contributed by atoms with Crippen molar-refractivity contribution in [1.29, 1.82) is 0 Å². The highest BCUT2D eigenvalue weighted by Gasteiger charge is 2.39. The fourth-order valence-corrected chi connectivity index (χ4v) is 7.21. The Morgan fingerprint density at radius 2 is 1.76 bits per heavy atom. The lowest BCUT2D eigenvalue weighted by molar-refractivity contribution is 0.0527. The Morgan fingerprint density at radius 3 is 2.24 bits per heavy atom. The van der Waals surface area contributed by atoms with E-state index < -0.39 is 16.1 Å². The minimum Gasteiger partial charge on any atom is -0.493 e. The molecule has 0 radical (unpaired) electrons. The summed E-state index contributed by atoms with van der Waals surface area (Å²) in [7, 11) is -3.42. The Labute approximate surface area is 155 Å². The molecule has 3 nitrogen and oxygen atoms in total. The number of rotatable bonds is 4. The second-order valence-electron chi connectivity index (χ2n) is 10.0. The van der Waals surface area contributed by atoms with E-state index >= 15 is 0 Å². The second kappa shape index (κ2) is 6.58. The number of hydrogen-bond acceptors (Lipinski definition) is 3. The number of ether oxygens (including phenoxy) is 2. The smallest absolute Gasteiger partial charge is 0.338 e. The first kappa shape index (κ1) is 20.2. The van der Waals surface area contributed by atoms with Crippen LogP contribution in [0.2, 0.25) is 39.3 Å². The van der Waals surface area contributed by atoms with Crippen LogP contribution < -0.4 is 15.1 Å². The van der Waals surface area contributed by atoms with Crippen LogP contribution >= 0.6 is 0 Å². The van der Waals surface area contributed by atoms with E-state index in [-0.39, 0.29) is 11.4 Å². The average molecular weight is 379 g/mol. The van der Waals surface area contributed by atoms with Crippen LogP contribution in [-0.4, -0.2) is 35.3 Å². The van der Waals surface area contributed by atoms with Gasteiger partial charge in [-0.15, -0.1) is 0 Å². The van der Waals surface area contributed by atoms with E-state index in [1.165, 1.54) is 15.9 Å². The zero-order chi connectivity index (χ0) is 19.2. The van der Waals surface area contributed by atoms with Gasteiger partial charge in [-0.3, -0.25) is 0 Å². The van der Waals surface area contributed by atoms with Crippen molar-refractivity contribution in [2.45, 2.75) is 66.5 Å². The van der Waals surface area contributed by atoms with Crippen LogP contribution in [0.3, 0.4) is 0 Å². The van der Waals surface area contributed by atoms with Gasteiger partial charge in [0.2, 0.25) is 0 Å². The highest BCUT2D eigenvalue weighted by molar-refractivity contribution is 6.91. The van der Waals surface area contributed by atoms with Gasteiger partial charge in [-0.2, -0.15) is 0 Å². The molecule has 1 aliphatic heterocycles. The predicted octanol–water partition coefficient (Wildman–Crippen LogP) is 3.91. The van der Waals surface area contributed by atoms with Gasteiger partial charge in [-0.05, 0) is 35.3 Å². The van der Waals surface area contributed by atoms with Crippen molar-refractivity contribution in [3.63, 3.8) is 0 Å². The van der Waals surface area contributed by atoms with Crippen LogP contribution in [0.4, 0.5) is 0 Å². The SMILES string of the molecule is CCOC(=O)c1cc([Si](C)(C)C)c2c(c1[Si](C)(C)C)CC(C)(C)CO2. The molecule has 1 heterocycles. The molecule has 0 unspecified atom stereocenters. The molecule has 0 aromatic heterocycles. The first-order valence-electron chi connectivity index (χ1n) is 9.28. The molecule has 0 bridgehead atoms. The molecule has 0 aliphatic carbocycles. The molecule has 1 aliphatic rings. The lowest BCUT2D eigenvalue weighted by atomic mass is 9.84. The van der Waals surface area contributed by atoms with Gasteiger partial charge in [0, 0.05) is 5.41 Å². The van der Waals surface area contributed by atoms with Crippen LogP contribution in [0.15, 0.2) is 6.07 Å². The van der Waals surface area contributed by atoms with E-state index in [1.807, 2.05) is 6.92 Å². The van der Waals surface area contributed by atoms with Gasteiger partial charge in [0.05, 0.1) is 34.9 Å². The summed E-state index contributed by atoms with van der Waals surface area (Å²) in [6.45, 7) is 21.4. The highest BCUT2D eigenvalue weighted by atomic mass is 28.3. The Kier molecular flexibility index (Phi) is 5.33. The maximum Gasteiger partial charge on any atom is 0.338 e. The molecule has 0 atom stereocenters. The topological polar surface area (TPSA) is 35.5 Å². The Hall–Kier alpha value is -1.08. The Morgan fingerprint density at radius 1 is 1.16 bits per heavy atom. The fourth-order valence-electron chi connectivity index (χ4n) is 3.63. The van der Waals surface area contributed by atoms with Crippen molar-refractivity contribution in [3.8, 4) is 5.75 Å². The lowest BCUT2D eigenvalue weighted by Crippen LogP contribution is -2.51. The predicted molar refractivity (Wildman–Crippen MR) is 111 cm³/mol. The van der Waals surface area contributed by atoms with Gasteiger partial charge in [0.1, 0.15) is 5.75 Å². The summed E-state index contributed by atoms with van der Waals surface area (Å²) in [5.41, 5.74) is 2.16. The van der Waals surface area contributed by atoms with Crippen LogP contribution in [0.1, 0.15) is 36.7 Å². The monoisotopic (exact) mass is 378 g/mol. The number of carbonyl (C=O) groups is 1. The maximum atomic E-state index is 12.8. The summed E-state index contributed by atoms with van der Waals surface area (Å²) in [6, 6.07) is 2.11. The first-order chi connectivity index (χ1) is 11.3. The molecular formula is C20H34O3Si2. The molecular weight excluding hydrogens is 344 g/mol. The molecule has 0 spiro atoms. The maximum absolute atomic E-state index is 12.8. The van der Waals surface area contributed by atoms with Gasteiger partial charge >= 0.3 is 5.97 Å². The van der Waals surface area contributed by atoms with E-state index in [0.717, 1.165) is 24.3 Å². The minimum atomic E-state index is -1.76. The molecule has 0 saturated carbocycles. The molecule has 5 heteroatoms. The van der Waals surface area contributed by atoms with E-state index in [4.69, 9.17) is 9.47 Å². The van der Waals surface area contributed by atoms with Crippen molar-refractivity contribution < 1.29 is 14.3 Å². The van der Waals surface area contributed by atoms with Crippen molar-refractivity contribution in [1.82, 2.24) is 0 Å². The van der Waals surface area contributed by atoms with Gasteiger partial charge in [0.25, 0.3) is 0 Å². The summed E-state index contributed by atoms with van der Waals surface area (Å²) in [4.78, 5) is 12.8. The quantitative estimate of drug-likeness (QED) is 0.588. The summed E-state index contributed by atoms with van der Waals surface area (Å²) >= 11 is 0. The lowest BCUT2D eigenvalue weighted by Gasteiger charge is -2.38. The van der Waals surface area contributed by atoms with Crippen molar-refractivity contribution in [2.24, 2.45) is 5.41 Å². The summed E-state index contributed by atoms with van der Waals surface area (Å²) in [6.07, 6.45) is 0.965. The number of benzene rings is 1. The number of hydrogen-bond donors (Lipinski definition) is 0. The standard InChI is InChI=1S/C20H34O3Si2/c1-10-22-19(21)14-11-16(24(4,5)6)17-15(18(14)25(7,8)9)12-20(2,3)13-23-17/h11H,10,12-13H2,1-9H3. The molecule has 0 fully saturated rings. The fraction of sp³-hybridized carbons (Fsp3) is 0.650. The van der Waals surface area contributed by atoms with Crippen molar-refractivity contribution in [2.75, 3.05) is 13.2 Å². The highest BCUT2D eigenvalue weighted by Crippen LogP contribution is 2.35. The van der Waals surface area contributed by atoms with Crippen LogP contribution in [0.5, 0.6) is 5.75 Å². The number of esters is 1. The van der Waals surface area contributed by atoms with Crippen molar-refractivity contribution >= 4 is 32.5 Å². The van der Waals surface area contributed by atoms with Gasteiger partial charge in [0.15, 0.2) is 0 Å². The molecule has 0 saturated heterocycles. The average Bonchev–Trinajstić information content (AvgIpc) is 2.42. The summed E-state index contributed by atoms with van der Waals surface area (Å²) in [5.74, 6) is 0.898. The number of fused-ring (bicyclic) bond motifs is 1. The van der Waals surface area contributed by atoms with Gasteiger partial charge in [-0.1, -0.05) is 53.1 Å². The van der Waals surface area contributed by atoms with E-state index in [1.54, 1.807) is 0 Å². The zero-order valence-electron chi connectivity index (χ0n) is 17.4. The molecule has 0 amide bonds. The number of carbonyl (C=O) groups excluding carboxylic acids is 1. The largest absolute Gasteiger partial charge is 0.493 e. The third kappa shape index (κ3) is 4.19. The van der Waals surface area contributed by atoms with E-state index in [9.17, 15) is 4.79 Å². The van der Waals surface area contributed by atoms with Crippen LogP contribution in [-0.2, 0) is 11.2 Å². The Balaban J connectivity index is 2.86. The molecule has 0 N–H and O–H groups in total. The molecule has 1 aromatic rings. The minimum absolute atomic E-state index is 0.0887. The van der Waals surface area contributed by atoms with Gasteiger partial charge < -0.3 is 9.47 Å². The van der Waals surface area contributed by atoms with Gasteiger partial charge in [-0.25, -0.2) is 4.79 Å². The molecule has 25 heavy (non-hydrogen) atoms.